The maximum Gasteiger partial charge on any atom is 0.191 e. The number of hydrogen-bond acceptors (Lipinski definition) is 5. The summed E-state index contributed by atoms with van der Waals surface area (Å²) in [5.74, 6) is 1.65. The summed E-state index contributed by atoms with van der Waals surface area (Å²) in [6.07, 6.45) is 0.491. The number of thioether (sulfide) groups is 1. The molecule has 0 amide bonds. The van der Waals surface area contributed by atoms with Crippen LogP contribution in [0.1, 0.15) is 39.1 Å². The molecule has 0 aromatic carbocycles. The molecule has 1 rings (SSSR count). The number of aromatic nitrogens is 3. The normalized spacial score (nSPS) is 13.4. The summed E-state index contributed by atoms with van der Waals surface area (Å²) in [7, 11) is 0. The minimum atomic E-state index is -0.267. The second kappa shape index (κ2) is 6.22. The van der Waals surface area contributed by atoms with E-state index in [4.69, 9.17) is 5.73 Å². The highest BCUT2D eigenvalue weighted by atomic mass is 32.2. The first-order valence-electron chi connectivity index (χ1n) is 5.51. The van der Waals surface area contributed by atoms with Gasteiger partial charge in [-0.2, -0.15) is 0 Å². The molecule has 0 radical (unpaired) electrons. The third-order valence-corrected chi connectivity index (χ3v) is 3.18. The van der Waals surface area contributed by atoms with Gasteiger partial charge in [0.15, 0.2) is 5.16 Å². The zero-order valence-corrected chi connectivity index (χ0v) is 10.9. The molecule has 0 saturated heterocycles. The lowest BCUT2D eigenvalue weighted by atomic mass is 10.3. The zero-order chi connectivity index (χ0) is 12.1. The van der Waals surface area contributed by atoms with Crippen molar-refractivity contribution in [1.82, 2.24) is 14.8 Å². The van der Waals surface area contributed by atoms with E-state index < -0.39 is 0 Å². The van der Waals surface area contributed by atoms with Crippen molar-refractivity contribution in [2.75, 3.05) is 5.75 Å². The van der Waals surface area contributed by atoms with Gasteiger partial charge in [0.2, 0.25) is 0 Å². The molecule has 5 nitrogen and oxygen atoms in total. The van der Waals surface area contributed by atoms with Gasteiger partial charge in [-0.1, -0.05) is 11.8 Å². The Morgan fingerprint density at radius 2 is 2.06 bits per heavy atom. The predicted molar refractivity (Wildman–Crippen MR) is 65.3 cm³/mol. The van der Waals surface area contributed by atoms with Gasteiger partial charge in [-0.15, -0.1) is 10.2 Å². The van der Waals surface area contributed by atoms with E-state index in [1.54, 1.807) is 18.7 Å². The van der Waals surface area contributed by atoms with E-state index in [2.05, 4.69) is 24.0 Å². The maximum absolute atomic E-state index is 9.18. The van der Waals surface area contributed by atoms with Crippen molar-refractivity contribution in [3.8, 4) is 0 Å². The summed E-state index contributed by atoms with van der Waals surface area (Å²) in [5, 5.41) is 18.2. The summed E-state index contributed by atoms with van der Waals surface area (Å²) >= 11 is 1.61. The second-order valence-corrected chi connectivity index (χ2v) is 5.11. The Bertz CT molecular complexity index is 325. The molecular weight excluding hydrogens is 224 g/mol. The highest BCUT2D eigenvalue weighted by Gasteiger charge is 2.13. The number of hydrogen-bond donors (Lipinski definition) is 2. The van der Waals surface area contributed by atoms with Gasteiger partial charge in [-0.05, 0) is 27.2 Å². The van der Waals surface area contributed by atoms with E-state index in [0.717, 1.165) is 23.2 Å². The van der Waals surface area contributed by atoms with Crippen molar-refractivity contribution < 1.29 is 5.11 Å². The van der Waals surface area contributed by atoms with Crippen LogP contribution in [-0.2, 0) is 6.54 Å². The molecule has 0 spiro atoms. The molecule has 16 heavy (non-hydrogen) atoms. The molecule has 0 aliphatic rings. The van der Waals surface area contributed by atoms with Crippen LogP contribution in [0.25, 0.3) is 0 Å². The largest absolute Gasteiger partial charge is 0.393 e. The quantitative estimate of drug-likeness (QED) is 0.735. The SMILES string of the molecule is CC(O)CCSc1nnc(CN)n1C(C)C. The van der Waals surface area contributed by atoms with Crippen molar-refractivity contribution in [2.45, 2.75) is 51.0 Å². The molecular formula is C10H20N4OS. The first-order valence-corrected chi connectivity index (χ1v) is 6.49. The number of aliphatic hydroxyl groups is 1. The van der Waals surface area contributed by atoms with Crippen LogP contribution >= 0.6 is 11.8 Å². The first kappa shape index (κ1) is 13.5. The standard InChI is InChI=1S/C10H20N4OS/c1-7(2)14-9(6-11)12-13-10(14)16-5-4-8(3)15/h7-8,15H,4-6,11H2,1-3H3. The summed E-state index contributed by atoms with van der Waals surface area (Å²) in [6, 6.07) is 0.308. The van der Waals surface area contributed by atoms with Gasteiger partial charge in [-0.3, -0.25) is 0 Å². The third-order valence-electron chi connectivity index (χ3n) is 2.20. The number of nitrogens with two attached hydrogens (primary N) is 1. The molecule has 1 unspecified atom stereocenters. The number of rotatable bonds is 6. The van der Waals surface area contributed by atoms with E-state index >= 15 is 0 Å². The van der Waals surface area contributed by atoms with Crippen molar-refractivity contribution >= 4 is 11.8 Å². The molecule has 1 heterocycles. The molecule has 92 valence electrons. The minimum Gasteiger partial charge on any atom is -0.393 e. The lowest BCUT2D eigenvalue weighted by Crippen LogP contribution is -2.11. The van der Waals surface area contributed by atoms with E-state index in [0.29, 0.717) is 12.6 Å². The van der Waals surface area contributed by atoms with Crippen molar-refractivity contribution in [3.63, 3.8) is 0 Å². The van der Waals surface area contributed by atoms with Crippen LogP contribution in [0.4, 0.5) is 0 Å². The lowest BCUT2D eigenvalue weighted by Gasteiger charge is -2.12. The first-order chi connectivity index (χ1) is 7.56. The van der Waals surface area contributed by atoms with Crippen LogP contribution < -0.4 is 5.73 Å². The van der Waals surface area contributed by atoms with Crippen LogP contribution in [-0.4, -0.2) is 31.7 Å². The maximum atomic E-state index is 9.18. The van der Waals surface area contributed by atoms with E-state index in [1.165, 1.54) is 0 Å². The van der Waals surface area contributed by atoms with Crippen LogP contribution in [0.3, 0.4) is 0 Å². The van der Waals surface area contributed by atoms with Gasteiger partial charge >= 0.3 is 0 Å². The molecule has 0 aliphatic heterocycles. The van der Waals surface area contributed by atoms with Crippen LogP contribution in [0, 0.1) is 0 Å². The van der Waals surface area contributed by atoms with Gasteiger partial charge in [0, 0.05) is 11.8 Å². The van der Waals surface area contributed by atoms with E-state index in [1.807, 2.05) is 4.57 Å². The highest BCUT2D eigenvalue weighted by Crippen LogP contribution is 2.22. The van der Waals surface area contributed by atoms with E-state index in [-0.39, 0.29) is 6.10 Å². The minimum absolute atomic E-state index is 0.267. The van der Waals surface area contributed by atoms with Gasteiger partial charge in [0.05, 0.1) is 12.6 Å². The fourth-order valence-corrected chi connectivity index (χ4v) is 2.58. The predicted octanol–water partition coefficient (Wildman–Crippen LogP) is 1.18. The molecule has 0 aliphatic carbocycles. The smallest absolute Gasteiger partial charge is 0.191 e. The van der Waals surface area contributed by atoms with Crippen LogP contribution in [0.15, 0.2) is 5.16 Å². The summed E-state index contributed by atoms with van der Waals surface area (Å²) in [6.45, 7) is 6.36. The Hall–Kier alpha value is -0.590. The van der Waals surface area contributed by atoms with Gasteiger partial charge in [-0.25, -0.2) is 0 Å². The summed E-state index contributed by atoms with van der Waals surface area (Å²) in [4.78, 5) is 0. The van der Waals surface area contributed by atoms with E-state index in [9.17, 15) is 5.11 Å². The fourth-order valence-electron chi connectivity index (χ4n) is 1.38. The van der Waals surface area contributed by atoms with Gasteiger partial charge in [0.1, 0.15) is 5.82 Å². The number of nitrogens with zero attached hydrogens (tertiary/aromatic N) is 3. The average Bonchev–Trinajstić information content (AvgIpc) is 2.60. The molecule has 0 bridgehead atoms. The second-order valence-electron chi connectivity index (χ2n) is 4.05. The Kier molecular flexibility index (Phi) is 5.24. The molecule has 0 fully saturated rings. The topological polar surface area (TPSA) is 77.0 Å². The Balaban J connectivity index is 2.68. The van der Waals surface area contributed by atoms with Gasteiger partial charge in [0.25, 0.3) is 0 Å². The lowest BCUT2D eigenvalue weighted by molar-refractivity contribution is 0.192. The molecule has 3 N–H and O–H groups in total. The van der Waals surface area contributed by atoms with Gasteiger partial charge < -0.3 is 15.4 Å². The monoisotopic (exact) mass is 244 g/mol. The molecule has 6 heteroatoms. The molecule has 1 aromatic heterocycles. The molecule has 1 atom stereocenters. The molecule has 1 aromatic rings. The van der Waals surface area contributed by atoms with Crippen molar-refractivity contribution in [2.24, 2.45) is 5.73 Å². The Labute approximate surface area is 100 Å². The zero-order valence-electron chi connectivity index (χ0n) is 10.1. The highest BCUT2D eigenvalue weighted by molar-refractivity contribution is 7.99. The summed E-state index contributed by atoms with van der Waals surface area (Å²) in [5.41, 5.74) is 5.61. The third kappa shape index (κ3) is 3.47. The average molecular weight is 244 g/mol. The Morgan fingerprint density at radius 3 is 2.56 bits per heavy atom. The summed E-state index contributed by atoms with van der Waals surface area (Å²) < 4.78 is 2.05. The Morgan fingerprint density at radius 1 is 1.38 bits per heavy atom. The van der Waals surface area contributed by atoms with Crippen molar-refractivity contribution in [1.29, 1.82) is 0 Å². The van der Waals surface area contributed by atoms with Crippen LogP contribution in [0.5, 0.6) is 0 Å². The fraction of sp³-hybridized carbons (Fsp3) is 0.800. The molecule has 0 saturated carbocycles. The van der Waals surface area contributed by atoms with Crippen molar-refractivity contribution in [3.05, 3.63) is 5.82 Å². The number of aliphatic hydroxyl groups excluding tert-OH is 1. The van der Waals surface area contributed by atoms with Crippen LogP contribution in [0.2, 0.25) is 0 Å².